The summed E-state index contributed by atoms with van der Waals surface area (Å²) in [6.07, 6.45) is 0. The van der Waals surface area contributed by atoms with Crippen molar-refractivity contribution in [1.29, 1.82) is 5.26 Å². The summed E-state index contributed by atoms with van der Waals surface area (Å²) in [5, 5.41) is 18.9. The Hall–Kier alpha value is -1.61. The van der Waals surface area contributed by atoms with Crippen LogP contribution in [-0.2, 0) is 6.61 Å². The molecule has 0 unspecified atom stereocenters. The van der Waals surface area contributed by atoms with E-state index in [1.54, 1.807) is 12.1 Å². The summed E-state index contributed by atoms with van der Waals surface area (Å²) in [6.45, 7) is -0.113. The normalized spacial score (nSPS) is 10.1. The van der Waals surface area contributed by atoms with Crippen LogP contribution in [0.2, 0.25) is 5.15 Å². The number of aliphatic hydroxyl groups is 1. The molecule has 2 aromatic rings. The van der Waals surface area contributed by atoms with Crippen LogP contribution in [0, 0.1) is 11.3 Å². The van der Waals surface area contributed by atoms with Gasteiger partial charge >= 0.3 is 0 Å². The summed E-state index contributed by atoms with van der Waals surface area (Å²) in [5.41, 5.74) is 1.52. The average molecular weight is 280 g/mol. The molecule has 0 aliphatic heterocycles. The van der Waals surface area contributed by atoms with E-state index in [1.165, 1.54) is 11.3 Å². The van der Waals surface area contributed by atoms with Gasteiger partial charge < -0.3 is 10.0 Å². The van der Waals surface area contributed by atoms with Crippen LogP contribution in [0.4, 0.5) is 10.8 Å². The van der Waals surface area contributed by atoms with E-state index in [0.29, 0.717) is 20.7 Å². The van der Waals surface area contributed by atoms with E-state index in [2.05, 4.69) is 11.1 Å². The first-order valence-corrected chi connectivity index (χ1v) is 6.35. The lowest BCUT2D eigenvalue weighted by atomic mass is 10.2. The van der Waals surface area contributed by atoms with Crippen LogP contribution in [-0.4, -0.2) is 17.1 Å². The molecule has 0 saturated carbocycles. The largest absolute Gasteiger partial charge is 0.391 e. The van der Waals surface area contributed by atoms with Gasteiger partial charge in [-0.15, -0.1) is 0 Å². The van der Waals surface area contributed by atoms with Gasteiger partial charge in [0.25, 0.3) is 0 Å². The highest BCUT2D eigenvalue weighted by atomic mass is 35.5. The van der Waals surface area contributed by atoms with Crippen molar-refractivity contribution < 1.29 is 5.11 Å². The fourth-order valence-corrected chi connectivity index (χ4v) is 2.53. The van der Waals surface area contributed by atoms with Crippen molar-refractivity contribution in [2.75, 3.05) is 11.9 Å². The molecule has 0 fully saturated rings. The minimum Gasteiger partial charge on any atom is -0.391 e. The Bertz CT molecular complexity index is 588. The topological polar surface area (TPSA) is 60.2 Å². The molecule has 0 amide bonds. The number of hydrogen-bond acceptors (Lipinski definition) is 5. The number of aliphatic hydroxyl groups excluding tert-OH is 1. The van der Waals surface area contributed by atoms with Gasteiger partial charge in [0.1, 0.15) is 5.15 Å². The second-order valence-electron chi connectivity index (χ2n) is 3.59. The maximum Gasteiger partial charge on any atom is 0.191 e. The van der Waals surface area contributed by atoms with Crippen LogP contribution in [0.3, 0.4) is 0 Å². The molecule has 0 atom stereocenters. The zero-order valence-electron chi connectivity index (χ0n) is 9.59. The van der Waals surface area contributed by atoms with Crippen LogP contribution in [0.1, 0.15) is 10.4 Å². The molecule has 0 aliphatic rings. The zero-order valence-corrected chi connectivity index (χ0v) is 11.2. The van der Waals surface area contributed by atoms with Gasteiger partial charge in [0, 0.05) is 12.7 Å². The van der Waals surface area contributed by atoms with Gasteiger partial charge in [-0.1, -0.05) is 22.9 Å². The van der Waals surface area contributed by atoms with Gasteiger partial charge in [-0.2, -0.15) is 5.26 Å². The third-order valence-electron chi connectivity index (χ3n) is 2.45. The Balaban J connectivity index is 2.29. The Morgan fingerprint density at radius 2 is 2.11 bits per heavy atom. The molecule has 1 heterocycles. The van der Waals surface area contributed by atoms with E-state index in [1.807, 2.05) is 24.1 Å². The SMILES string of the molecule is CN(c1ccc(C#N)cc1)c1nc(Cl)c(CO)s1. The van der Waals surface area contributed by atoms with Crippen LogP contribution in [0.25, 0.3) is 0 Å². The Labute approximate surface area is 114 Å². The molecule has 6 heteroatoms. The van der Waals surface area contributed by atoms with Gasteiger partial charge in [-0.3, -0.25) is 0 Å². The highest BCUT2D eigenvalue weighted by Crippen LogP contribution is 2.32. The summed E-state index contributed by atoms with van der Waals surface area (Å²) in [4.78, 5) is 6.69. The summed E-state index contributed by atoms with van der Waals surface area (Å²) < 4.78 is 0. The fourth-order valence-electron chi connectivity index (χ4n) is 1.43. The van der Waals surface area contributed by atoms with Crippen LogP contribution in [0.15, 0.2) is 24.3 Å². The predicted octanol–water partition coefficient (Wildman–Crippen LogP) is 2.93. The lowest BCUT2D eigenvalue weighted by molar-refractivity contribution is 0.285. The highest BCUT2D eigenvalue weighted by Gasteiger charge is 2.13. The number of rotatable bonds is 3. The molecule has 0 radical (unpaired) electrons. The Morgan fingerprint density at radius 1 is 1.44 bits per heavy atom. The predicted molar refractivity (Wildman–Crippen MR) is 72.3 cm³/mol. The monoisotopic (exact) mass is 279 g/mol. The lowest BCUT2D eigenvalue weighted by Gasteiger charge is -2.15. The van der Waals surface area contributed by atoms with Gasteiger partial charge in [-0.25, -0.2) is 4.98 Å². The number of nitrogens with zero attached hydrogens (tertiary/aromatic N) is 3. The van der Waals surface area contributed by atoms with Crippen molar-refractivity contribution in [3.63, 3.8) is 0 Å². The van der Waals surface area contributed by atoms with Crippen molar-refractivity contribution >= 4 is 33.8 Å². The third kappa shape index (κ3) is 2.46. The first kappa shape index (κ1) is 12.8. The highest BCUT2D eigenvalue weighted by molar-refractivity contribution is 7.16. The van der Waals surface area contributed by atoms with Gasteiger partial charge in [0.05, 0.1) is 23.1 Å². The maximum atomic E-state index is 9.08. The minimum atomic E-state index is -0.113. The molecule has 0 saturated heterocycles. The molecule has 4 nitrogen and oxygen atoms in total. The van der Waals surface area contributed by atoms with E-state index in [9.17, 15) is 0 Å². The number of halogens is 1. The maximum absolute atomic E-state index is 9.08. The van der Waals surface area contributed by atoms with Crippen LogP contribution >= 0.6 is 22.9 Å². The second kappa shape index (κ2) is 5.36. The van der Waals surface area contributed by atoms with Gasteiger partial charge in [0.15, 0.2) is 5.13 Å². The smallest absolute Gasteiger partial charge is 0.191 e. The molecule has 2 rings (SSSR count). The molecule has 0 aliphatic carbocycles. The minimum absolute atomic E-state index is 0.113. The number of aromatic nitrogens is 1. The third-order valence-corrected chi connectivity index (χ3v) is 3.99. The van der Waals surface area contributed by atoms with Crippen molar-refractivity contribution in [2.24, 2.45) is 0 Å². The number of benzene rings is 1. The van der Waals surface area contributed by atoms with E-state index in [4.69, 9.17) is 22.0 Å². The molecule has 0 bridgehead atoms. The number of hydrogen-bond donors (Lipinski definition) is 1. The quantitative estimate of drug-likeness (QED) is 0.938. The Kier molecular flexibility index (Phi) is 3.82. The first-order chi connectivity index (χ1) is 8.65. The van der Waals surface area contributed by atoms with Gasteiger partial charge in [-0.05, 0) is 24.3 Å². The van der Waals surface area contributed by atoms with Crippen molar-refractivity contribution in [3.05, 3.63) is 39.9 Å². The lowest BCUT2D eigenvalue weighted by Crippen LogP contribution is -2.08. The molecular weight excluding hydrogens is 270 g/mol. The van der Waals surface area contributed by atoms with Crippen molar-refractivity contribution in [1.82, 2.24) is 4.98 Å². The Morgan fingerprint density at radius 3 is 2.61 bits per heavy atom. The zero-order chi connectivity index (χ0) is 13.1. The second-order valence-corrected chi connectivity index (χ2v) is 5.01. The van der Waals surface area contributed by atoms with E-state index >= 15 is 0 Å². The summed E-state index contributed by atoms with van der Waals surface area (Å²) >= 11 is 7.23. The standard InChI is InChI=1S/C12H10ClN3OS/c1-16(9-4-2-8(6-14)3-5-9)12-15-11(13)10(7-17)18-12/h2-5,17H,7H2,1H3. The molecule has 1 aromatic carbocycles. The molecule has 18 heavy (non-hydrogen) atoms. The molecule has 92 valence electrons. The summed E-state index contributed by atoms with van der Waals surface area (Å²) in [6, 6.07) is 9.24. The van der Waals surface area contributed by atoms with Crippen molar-refractivity contribution in [2.45, 2.75) is 6.61 Å². The van der Waals surface area contributed by atoms with E-state index in [-0.39, 0.29) is 6.61 Å². The number of anilines is 2. The summed E-state index contributed by atoms with van der Waals surface area (Å²) in [7, 11) is 1.86. The van der Waals surface area contributed by atoms with Crippen molar-refractivity contribution in [3.8, 4) is 6.07 Å². The van der Waals surface area contributed by atoms with Crippen LogP contribution in [0.5, 0.6) is 0 Å². The van der Waals surface area contributed by atoms with Gasteiger partial charge in [0.2, 0.25) is 0 Å². The molecule has 1 N–H and O–H groups in total. The average Bonchev–Trinajstić information content (AvgIpc) is 2.79. The van der Waals surface area contributed by atoms with E-state index in [0.717, 1.165) is 5.69 Å². The summed E-state index contributed by atoms with van der Waals surface area (Å²) in [5.74, 6) is 0. The van der Waals surface area contributed by atoms with Crippen LogP contribution < -0.4 is 4.90 Å². The molecular formula is C12H10ClN3OS. The number of nitriles is 1. The van der Waals surface area contributed by atoms with E-state index < -0.39 is 0 Å². The number of thiazole rings is 1. The fraction of sp³-hybridized carbons (Fsp3) is 0.167. The first-order valence-electron chi connectivity index (χ1n) is 5.15. The molecule has 0 spiro atoms. The molecule has 1 aromatic heterocycles.